The van der Waals surface area contributed by atoms with Gasteiger partial charge in [-0.1, -0.05) is 46.3 Å². The number of nitrogens with two attached hydrogens (primary N) is 1. The molecule has 2 heteroatoms. The topological polar surface area (TPSA) is 26.0 Å². The summed E-state index contributed by atoms with van der Waals surface area (Å²) in [5.41, 5.74) is 12.7. The van der Waals surface area contributed by atoms with E-state index >= 15 is 0 Å². The van der Waals surface area contributed by atoms with Crippen LogP contribution < -0.4 is 5.73 Å². The first-order valence-electron chi connectivity index (χ1n) is 6.55. The van der Waals surface area contributed by atoms with Crippen LogP contribution >= 0.6 is 15.9 Å². The Morgan fingerprint density at radius 1 is 0.947 bits per heavy atom. The van der Waals surface area contributed by atoms with E-state index in [4.69, 9.17) is 5.73 Å². The van der Waals surface area contributed by atoms with Gasteiger partial charge in [0.05, 0.1) is 0 Å². The minimum Gasteiger partial charge on any atom is -0.324 e. The van der Waals surface area contributed by atoms with Gasteiger partial charge < -0.3 is 5.73 Å². The molecule has 0 aliphatic carbocycles. The summed E-state index contributed by atoms with van der Waals surface area (Å²) in [7, 11) is 0. The Bertz CT molecular complexity index is 590. The maximum atomic E-state index is 6.32. The van der Waals surface area contributed by atoms with E-state index in [0.29, 0.717) is 0 Å². The van der Waals surface area contributed by atoms with Crippen LogP contribution in [0.15, 0.2) is 40.9 Å². The summed E-state index contributed by atoms with van der Waals surface area (Å²) in [5.74, 6) is 0. The van der Waals surface area contributed by atoms with Crippen molar-refractivity contribution in [2.45, 2.75) is 33.2 Å². The predicted molar refractivity (Wildman–Crippen MR) is 85.4 cm³/mol. The quantitative estimate of drug-likeness (QED) is 0.878. The van der Waals surface area contributed by atoms with Crippen molar-refractivity contribution >= 4 is 15.9 Å². The smallest absolute Gasteiger partial charge is 0.0335 e. The largest absolute Gasteiger partial charge is 0.324 e. The molecule has 0 heterocycles. The predicted octanol–water partition coefficient (Wildman–Crippen LogP) is 4.62. The molecule has 0 saturated carbocycles. The normalized spacial score (nSPS) is 12.5. The highest BCUT2D eigenvalue weighted by molar-refractivity contribution is 9.10. The molecular formula is C17H20BrN. The molecule has 2 aromatic carbocycles. The summed E-state index contributed by atoms with van der Waals surface area (Å²) in [6.45, 7) is 6.38. The molecule has 1 unspecified atom stereocenters. The molecule has 100 valence electrons. The molecule has 0 aromatic heterocycles. The molecular weight excluding hydrogens is 298 g/mol. The van der Waals surface area contributed by atoms with Gasteiger partial charge in [0.2, 0.25) is 0 Å². The summed E-state index contributed by atoms with van der Waals surface area (Å²) in [4.78, 5) is 0. The molecule has 0 amide bonds. The highest BCUT2D eigenvalue weighted by atomic mass is 79.9. The van der Waals surface area contributed by atoms with Crippen molar-refractivity contribution < 1.29 is 0 Å². The maximum absolute atomic E-state index is 6.32. The zero-order valence-electron chi connectivity index (χ0n) is 11.7. The lowest BCUT2D eigenvalue weighted by molar-refractivity contribution is 0.720. The number of hydrogen-bond acceptors (Lipinski definition) is 1. The van der Waals surface area contributed by atoms with Gasteiger partial charge in [0.25, 0.3) is 0 Å². The monoisotopic (exact) mass is 317 g/mol. The lowest BCUT2D eigenvalue weighted by Gasteiger charge is -2.14. The molecule has 1 atom stereocenters. The Balaban J connectivity index is 2.17. The molecule has 2 rings (SSSR count). The van der Waals surface area contributed by atoms with Crippen LogP contribution in [0.25, 0.3) is 0 Å². The maximum Gasteiger partial charge on any atom is 0.0335 e. The second-order valence-electron chi connectivity index (χ2n) is 5.24. The summed E-state index contributed by atoms with van der Waals surface area (Å²) in [5, 5.41) is 0. The van der Waals surface area contributed by atoms with Gasteiger partial charge in [-0.05, 0) is 61.1 Å². The number of rotatable bonds is 3. The second-order valence-corrected chi connectivity index (χ2v) is 6.09. The van der Waals surface area contributed by atoms with E-state index in [9.17, 15) is 0 Å². The molecule has 0 radical (unpaired) electrons. The molecule has 2 N–H and O–H groups in total. The Morgan fingerprint density at radius 3 is 2.32 bits per heavy atom. The van der Waals surface area contributed by atoms with E-state index in [1.54, 1.807) is 0 Å². The van der Waals surface area contributed by atoms with Gasteiger partial charge in [0.1, 0.15) is 0 Å². The van der Waals surface area contributed by atoms with Gasteiger partial charge in [-0.25, -0.2) is 0 Å². The number of hydrogen-bond donors (Lipinski definition) is 1. The van der Waals surface area contributed by atoms with Crippen LogP contribution in [0.1, 0.15) is 33.9 Å². The van der Waals surface area contributed by atoms with E-state index in [1.165, 1.54) is 27.8 Å². The average Bonchev–Trinajstić information content (AvgIpc) is 2.37. The highest BCUT2D eigenvalue weighted by Gasteiger charge is 2.09. The van der Waals surface area contributed by atoms with E-state index in [2.05, 4.69) is 73.1 Å². The van der Waals surface area contributed by atoms with Crippen molar-refractivity contribution in [3.8, 4) is 0 Å². The van der Waals surface area contributed by atoms with Gasteiger partial charge >= 0.3 is 0 Å². The zero-order chi connectivity index (χ0) is 14.0. The van der Waals surface area contributed by atoms with Crippen LogP contribution in [0.3, 0.4) is 0 Å². The highest BCUT2D eigenvalue weighted by Crippen LogP contribution is 2.23. The third kappa shape index (κ3) is 3.46. The average molecular weight is 318 g/mol. The van der Waals surface area contributed by atoms with Crippen molar-refractivity contribution in [1.29, 1.82) is 0 Å². The Hall–Kier alpha value is -1.12. The van der Waals surface area contributed by atoms with E-state index in [0.717, 1.165) is 10.9 Å². The fourth-order valence-electron chi connectivity index (χ4n) is 2.20. The van der Waals surface area contributed by atoms with Crippen LogP contribution in [-0.2, 0) is 6.42 Å². The first-order valence-corrected chi connectivity index (χ1v) is 7.34. The standard InChI is InChI=1S/C17H20BrN/c1-11-4-5-14(8-12(11)2)10-17(19)15-6-7-16(18)13(3)9-15/h4-9,17H,10,19H2,1-3H3. The zero-order valence-corrected chi connectivity index (χ0v) is 13.3. The third-order valence-electron chi connectivity index (χ3n) is 3.64. The van der Waals surface area contributed by atoms with Crippen LogP contribution in [0, 0.1) is 20.8 Å². The van der Waals surface area contributed by atoms with Crippen LogP contribution in [-0.4, -0.2) is 0 Å². The third-order valence-corrected chi connectivity index (χ3v) is 4.53. The molecule has 0 fully saturated rings. The van der Waals surface area contributed by atoms with Gasteiger partial charge in [0.15, 0.2) is 0 Å². The molecule has 19 heavy (non-hydrogen) atoms. The first kappa shape index (κ1) is 14.3. The molecule has 1 nitrogen and oxygen atoms in total. The van der Waals surface area contributed by atoms with Crippen molar-refractivity contribution in [2.75, 3.05) is 0 Å². The summed E-state index contributed by atoms with van der Waals surface area (Å²) < 4.78 is 1.13. The van der Waals surface area contributed by atoms with Gasteiger partial charge in [-0.15, -0.1) is 0 Å². The number of aryl methyl sites for hydroxylation is 3. The van der Waals surface area contributed by atoms with E-state index in [1.807, 2.05) is 0 Å². The molecule has 0 aliphatic heterocycles. The Kier molecular flexibility index (Phi) is 4.43. The Morgan fingerprint density at radius 2 is 1.68 bits per heavy atom. The minimum absolute atomic E-state index is 0.0499. The fourth-order valence-corrected chi connectivity index (χ4v) is 2.45. The number of benzene rings is 2. The molecule has 0 saturated heterocycles. The fraction of sp³-hybridized carbons (Fsp3) is 0.294. The van der Waals surface area contributed by atoms with Crippen molar-refractivity contribution in [3.63, 3.8) is 0 Å². The number of halogens is 1. The van der Waals surface area contributed by atoms with Crippen molar-refractivity contribution in [3.05, 3.63) is 68.7 Å². The SMILES string of the molecule is Cc1ccc(CC(N)c2ccc(Br)c(C)c2)cc1C. The molecule has 0 aliphatic rings. The van der Waals surface area contributed by atoms with Crippen molar-refractivity contribution in [1.82, 2.24) is 0 Å². The van der Waals surface area contributed by atoms with Crippen LogP contribution in [0.4, 0.5) is 0 Å². The molecule has 0 bridgehead atoms. The van der Waals surface area contributed by atoms with Gasteiger partial charge in [-0.2, -0.15) is 0 Å². The van der Waals surface area contributed by atoms with Crippen LogP contribution in [0.5, 0.6) is 0 Å². The first-order chi connectivity index (χ1) is 8.97. The van der Waals surface area contributed by atoms with Gasteiger partial charge in [-0.3, -0.25) is 0 Å². The lowest BCUT2D eigenvalue weighted by atomic mass is 9.96. The summed E-state index contributed by atoms with van der Waals surface area (Å²) in [6.07, 6.45) is 0.877. The lowest BCUT2D eigenvalue weighted by Crippen LogP contribution is -2.13. The van der Waals surface area contributed by atoms with E-state index < -0.39 is 0 Å². The van der Waals surface area contributed by atoms with Gasteiger partial charge in [0, 0.05) is 10.5 Å². The summed E-state index contributed by atoms with van der Waals surface area (Å²) in [6, 6.07) is 13.0. The summed E-state index contributed by atoms with van der Waals surface area (Å²) >= 11 is 3.52. The minimum atomic E-state index is 0.0499. The van der Waals surface area contributed by atoms with E-state index in [-0.39, 0.29) is 6.04 Å². The molecule has 2 aromatic rings. The van der Waals surface area contributed by atoms with Crippen molar-refractivity contribution in [2.24, 2.45) is 5.73 Å². The second kappa shape index (κ2) is 5.89. The van der Waals surface area contributed by atoms with Crippen LogP contribution in [0.2, 0.25) is 0 Å². The Labute approximate surface area is 124 Å². The molecule has 0 spiro atoms.